The van der Waals surface area contributed by atoms with Gasteiger partial charge in [-0.15, -0.1) is 11.6 Å². The molecule has 106 valence electrons. The van der Waals surface area contributed by atoms with Crippen LogP contribution in [0.25, 0.3) is 10.9 Å². The van der Waals surface area contributed by atoms with Crippen LogP contribution in [0.1, 0.15) is 16.8 Å². The van der Waals surface area contributed by atoms with E-state index in [9.17, 15) is 4.79 Å². The number of fused-ring (bicyclic) bond motifs is 1. The van der Waals surface area contributed by atoms with Crippen LogP contribution in [0.4, 0.5) is 0 Å². The number of carbonyl (C=O) groups excluding carboxylic acids is 1. The summed E-state index contributed by atoms with van der Waals surface area (Å²) in [7, 11) is 1.47. The Morgan fingerprint density at radius 1 is 1.35 bits per heavy atom. The van der Waals surface area contributed by atoms with E-state index in [-0.39, 0.29) is 5.88 Å². The molecule has 1 aromatic heterocycles. The van der Waals surface area contributed by atoms with Crippen molar-refractivity contribution >= 4 is 40.4 Å². The predicted molar refractivity (Wildman–Crippen MR) is 79.5 cm³/mol. The number of rotatable bonds is 6. The minimum absolute atomic E-state index is 0.279. The molecule has 0 saturated heterocycles. The van der Waals surface area contributed by atoms with Crippen molar-refractivity contribution in [2.75, 3.05) is 19.6 Å². The molecule has 4 nitrogen and oxygen atoms in total. The summed E-state index contributed by atoms with van der Waals surface area (Å²) >= 11 is 11.7. The Bertz CT molecular complexity index is 631. The molecule has 6 heteroatoms. The highest BCUT2D eigenvalue weighted by Gasteiger charge is 2.10. The van der Waals surface area contributed by atoms with Gasteiger partial charge in [-0.25, -0.2) is 4.98 Å². The Kier molecular flexibility index (Phi) is 5.04. The fraction of sp³-hybridized carbons (Fsp3) is 0.286. The van der Waals surface area contributed by atoms with E-state index >= 15 is 0 Å². The van der Waals surface area contributed by atoms with Crippen LogP contribution in [-0.4, -0.2) is 30.9 Å². The van der Waals surface area contributed by atoms with E-state index in [0.717, 1.165) is 11.8 Å². The maximum Gasteiger partial charge on any atom is 0.224 e. The topological polar surface area (TPSA) is 48.4 Å². The van der Waals surface area contributed by atoms with Crippen molar-refractivity contribution in [1.29, 1.82) is 0 Å². The van der Waals surface area contributed by atoms with Crippen LogP contribution in [-0.2, 0) is 0 Å². The number of carbonyl (C=O) groups is 1. The Morgan fingerprint density at radius 2 is 2.15 bits per heavy atom. The second-order valence-corrected chi connectivity index (χ2v) is 4.86. The SMILES string of the molecule is COc1nc2cc(OCCCCl)c(Cl)cc2cc1C=O. The Balaban J connectivity index is 2.43. The Labute approximate surface area is 126 Å². The van der Waals surface area contributed by atoms with Crippen molar-refractivity contribution in [3.8, 4) is 11.6 Å². The lowest BCUT2D eigenvalue weighted by Gasteiger charge is -2.10. The molecule has 0 saturated carbocycles. The maximum absolute atomic E-state index is 11.0. The van der Waals surface area contributed by atoms with Gasteiger partial charge in [0.1, 0.15) is 5.75 Å². The van der Waals surface area contributed by atoms with Crippen molar-refractivity contribution < 1.29 is 14.3 Å². The monoisotopic (exact) mass is 313 g/mol. The highest BCUT2D eigenvalue weighted by atomic mass is 35.5. The van der Waals surface area contributed by atoms with Crippen molar-refractivity contribution in [2.24, 2.45) is 0 Å². The van der Waals surface area contributed by atoms with Crippen LogP contribution in [0.3, 0.4) is 0 Å². The van der Waals surface area contributed by atoms with Gasteiger partial charge in [-0.1, -0.05) is 11.6 Å². The molecule has 0 amide bonds. The first-order chi connectivity index (χ1) is 9.69. The largest absolute Gasteiger partial charge is 0.492 e. The van der Waals surface area contributed by atoms with Gasteiger partial charge in [-0.05, 0) is 18.6 Å². The number of aldehydes is 1. The minimum atomic E-state index is 0.279. The predicted octanol–water partition coefficient (Wildman–Crippen LogP) is 3.72. The van der Waals surface area contributed by atoms with Gasteiger partial charge in [0.25, 0.3) is 0 Å². The van der Waals surface area contributed by atoms with Crippen molar-refractivity contribution in [3.05, 3.63) is 28.8 Å². The molecule has 0 atom stereocenters. The van der Waals surface area contributed by atoms with E-state index in [1.807, 2.05) is 0 Å². The fourth-order valence-electron chi connectivity index (χ4n) is 1.77. The Morgan fingerprint density at radius 3 is 2.80 bits per heavy atom. The van der Waals surface area contributed by atoms with Gasteiger partial charge >= 0.3 is 0 Å². The van der Waals surface area contributed by atoms with E-state index in [4.69, 9.17) is 32.7 Å². The number of hydrogen-bond acceptors (Lipinski definition) is 4. The molecule has 1 heterocycles. The molecular weight excluding hydrogens is 301 g/mol. The first-order valence-electron chi connectivity index (χ1n) is 6.02. The van der Waals surface area contributed by atoms with Gasteiger partial charge in [-0.3, -0.25) is 4.79 Å². The number of ether oxygens (including phenoxy) is 2. The second kappa shape index (κ2) is 6.77. The molecule has 0 aliphatic rings. The molecule has 0 radical (unpaired) electrons. The van der Waals surface area contributed by atoms with Gasteiger partial charge in [0.2, 0.25) is 5.88 Å². The van der Waals surface area contributed by atoms with Gasteiger partial charge in [0.15, 0.2) is 6.29 Å². The Hall–Kier alpha value is -1.52. The second-order valence-electron chi connectivity index (χ2n) is 4.07. The molecular formula is C14H13Cl2NO3. The molecule has 0 aliphatic carbocycles. The average molecular weight is 314 g/mol. The molecule has 0 unspecified atom stereocenters. The summed E-state index contributed by atoms with van der Waals surface area (Å²) in [6.45, 7) is 0.484. The third-order valence-corrected chi connectivity index (χ3v) is 3.28. The van der Waals surface area contributed by atoms with Gasteiger partial charge < -0.3 is 9.47 Å². The van der Waals surface area contributed by atoms with E-state index in [1.54, 1.807) is 18.2 Å². The number of methoxy groups -OCH3 is 1. The molecule has 0 bridgehead atoms. The van der Waals surface area contributed by atoms with Gasteiger partial charge in [0.05, 0.1) is 29.8 Å². The number of pyridine rings is 1. The number of aromatic nitrogens is 1. The van der Waals surface area contributed by atoms with E-state index in [0.29, 0.717) is 40.6 Å². The zero-order valence-electron chi connectivity index (χ0n) is 10.9. The molecule has 2 aromatic rings. The molecule has 20 heavy (non-hydrogen) atoms. The zero-order valence-corrected chi connectivity index (χ0v) is 12.4. The highest BCUT2D eigenvalue weighted by Crippen LogP contribution is 2.31. The lowest BCUT2D eigenvalue weighted by molar-refractivity contribution is 0.112. The number of halogens is 2. The van der Waals surface area contributed by atoms with Crippen LogP contribution < -0.4 is 9.47 Å². The fourth-order valence-corrected chi connectivity index (χ4v) is 2.10. The van der Waals surface area contributed by atoms with Crippen LogP contribution in [0.2, 0.25) is 5.02 Å². The lowest BCUT2D eigenvalue weighted by Crippen LogP contribution is -1.99. The molecule has 0 fully saturated rings. The molecule has 0 spiro atoms. The standard InChI is InChI=1S/C14H13Cl2NO3/c1-19-14-10(8-18)5-9-6-11(16)13(7-12(9)17-14)20-4-2-3-15/h5-8H,2-4H2,1H3. The molecule has 2 rings (SSSR count). The minimum Gasteiger partial charge on any atom is -0.492 e. The summed E-state index contributed by atoms with van der Waals surface area (Å²) in [6, 6.07) is 5.12. The maximum atomic E-state index is 11.0. The van der Waals surface area contributed by atoms with E-state index in [1.165, 1.54) is 7.11 Å². The van der Waals surface area contributed by atoms with Crippen LogP contribution in [0.15, 0.2) is 18.2 Å². The third kappa shape index (κ3) is 3.14. The van der Waals surface area contributed by atoms with Crippen molar-refractivity contribution in [3.63, 3.8) is 0 Å². The summed E-state index contributed by atoms with van der Waals surface area (Å²) < 4.78 is 10.6. The first-order valence-corrected chi connectivity index (χ1v) is 6.93. The first kappa shape index (κ1) is 14.9. The van der Waals surface area contributed by atoms with E-state index < -0.39 is 0 Å². The quantitative estimate of drug-likeness (QED) is 0.463. The molecule has 0 N–H and O–H groups in total. The summed E-state index contributed by atoms with van der Waals surface area (Å²) in [5, 5.41) is 1.22. The number of hydrogen-bond donors (Lipinski definition) is 0. The molecule has 0 aliphatic heterocycles. The summed E-state index contributed by atoms with van der Waals surface area (Å²) in [6.07, 6.45) is 1.43. The average Bonchev–Trinajstić information content (AvgIpc) is 2.46. The van der Waals surface area contributed by atoms with Gasteiger partial charge in [-0.2, -0.15) is 0 Å². The van der Waals surface area contributed by atoms with Crippen LogP contribution >= 0.6 is 23.2 Å². The molecule has 1 aromatic carbocycles. The number of nitrogens with zero attached hydrogens (tertiary/aromatic N) is 1. The zero-order chi connectivity index (χ0) is 14.5. The third-order valence-electron chi connectivity index (χ3n) is 2.72. The summed E-state index contributed by atoms with van der Waals surface area (Å²) in [5.41, 5.74) is 1.03. The van der Waals surface area contributed by atoms with Crippen molar-refractivity contribution in [1.82, 2.24) is 4.98 Å². The number of alkyl halides is 1. The highest BCUT2D eigenvalue weighted by molar-refractivity contribution is 6.32. The van der Waals surface area contributed by atoms with E-state index in [2.05, 4.69) is 4.98 Å². The normalized spacial score (nSPS) is 10.6. The van der Waals surface area contributed by atoms with Crippen LogP contribution in [0, 0.1) is 0 Å². The van der Waals surface area contributed by atoms with Crippen molar-refractivity contribution in [2.45, 2.75) is 6.42 Å². The van der Waals surface area contributed by atoms with Crippen LogP contribution in [0.5, 0.6) is 11.6 Å². The smallest absolute Gasteiger partial charge is 0.224 e. The summed E-state index contributed by atoms with van der Waals surface area (Å²) in [5.74, 6) is 1.35. The van der Waals surface area contributed by atoms with Gasteiger partial charge in [0, 0.05) is 17.3 Å². The summed E-state index contributed by atoms with van der Waals surface area (Å²) in [4.78, 5) is 15.2. The lowest BCUT2D eigenvalue weighted by atomic mass is 10.1. The number of benzene rings is 1.